The van der Waals surface area contributed by atoms with Gasteiger partial charge >= 0.3 is 0 Å². The van der Waals surface area contributed by atoms with Crippen LogP contribution in [0, 0.1) is 39.2 Å². The third-order valence-corrected chi connectivity index (χ3v) is 9.76. The first-order valence-electron chi connectivity index (χ1n) is 14.0. The summed E-state index contributed by atoms with van der Waals surface area (Å²) in [6, 6.07) is 8.22. The smallest absolute Gasteiger partial charge is 0.271 e. The average Bonchev–Trinajstić information content (AvgIpc) is 3.24. The molecular formula is C32H30N2O9. The molecule has 6 atom stereocenters. The van der Waals surface area contributed by atoms with Gasteiger partial charge in [-0.05, 0) is 43.4 Å². The minimum Gasteiger partial charge on any atom is -0.508 e. The number of Topliss-reactive ketones (excluding diaryl/α,β-unsaturated/α-hetero) is 1. The van der Waals surface area contributed by atoms with Crippen LogP contribution in [0.3, 0.4) is 0 Å². The molecule has 2 amide bonds. The van der Waals surface area contributed by atoms with E-state index in [2.05, 4.69) is 0 Å². The molecule has 0 aromatic heterocycles. The number of carbonyl (C=O) groups excluding carboxylic acids is 4. The summed E-state index contributed by atoms with van der Waals surface area (Å²) in [5, 5.41) is 21.8. The molecule has 6 rings (SSSR count). The quantitative estimate of drug-likeness (QED) is 0.234. The minimum atomic E-state index is -1.27. The Morgan fingerprint density at radius 3 is 2.33 bits per heavy atom. The third-order valence-electron chi connectivity index (χ3n) is 9.76. The Hall–Kier alpha value is -4.80. The highest BCUT2D eigenvalue weighted by atomic mass is 16.6. The number of phenols is 1. The van der Waals surface area contributed by atoms with Gasteiger partial charge in [-0.1, -0.05) is 24.6 Å². The number of rotatable bonds is 5. The summed E-state index contributed by atoms with van der Waals surface area (Å²) in [7, 11) is 2.86. The highest BCUT2D eigenvalue weighted by Gasteiger charge is 2.64. The van der Waals surface area contributed by atoms with E-state index in [1.54, 1.807) is 13.8 Å². The van der Waals surface area contributed by atoms with E-state index in [1.165, 1.54) is 56.7 Å². The number of carbonyl (C=O) groups is 4. The van der Waals surface area contributed by atoms with E-state index in [-0.39, 0.29) is 53.0 Å². The number of fused-ring (bicyclic) bond motifs is 4. The summed E-state index contributed by atoms with van der Waals surface area (Å²) < 4.78 is 11.4. The highest BCUT2D eigenvalue weighted by molar-refractivity contribution is 6.22. The fraction of sp³-hybridized carbons (Fsp3) is 0.375. The number of phenolic OH excluding ortho intramolecular Hbond substituents is 1. The molecule has 3 aliphatic carbocycles. The van der Waals surface area contributed by atoms with Crippen LogP contribution in [0.15, 0.2) is 59.7 Å². The molecule has 2 aromatic carbocycles. The first kappa shape index (κ1) is 28.3. The van der Waals surface area contributed by atoms with Gasteiger partial charge < -0.3 is 14.6 Å². The van der Waals surface area contributed by atoms with Crippen LogP contribution in [-0.4, -0.2) is 47.6 Å². The van der Waals surface area contributed by atoms with Crippen molar-refractivity contribution in [2.75, 3.05) is 19.1 Å². The predicted octanol–water partition coefficient (Wildman–Crippen LogP) is 4.28. The molecule has 0 spiro atoms. The fourth-order valence-electron chi connectivity index (χ4n) is 7.91. The van der Waals surface area contributed by atoms with Gasteiger partial charge in [0.05, 0.1) is 42.1 Å². The van der Waals surface area contributed by atoms with Crippen LogP contribution in [0.2, 0.25) is 0 Å². The number of nitrogens with zero attached hydrogens (tertiary/aromatic N) is 2. The maximum absolute atomic E-state index is 14.1. The average molecular weight is 587 g/mol. The number of hydrogen-bond acceptors (Lipinski definition) is 9. The van der Waals surface area contributed by atoms with E-state index in [0.717, 1.165) is 10.5 Å². The van der Waals surface area contributed by atoms with Crippen molar-refractivity contribution in [3.05, 3.63) is 75.4 Å². The number of non-ortho nitro benzene ring substituents is 1. The van der Waals surface area contributed by atoms with Crippen LogP contribution in [0.4, 0.5) is 11.4 Å². The first-order valence-corrected chi connectivity index (χ1v) is 14.0. The number of benzene rings is 2. The molecule has 1 N–H and O–H groups in total. The van der Waals surface area contributed by atoms with Crippen molar-refractivity contribution in [1.29, 1.82) is 0 Å². The number of nitro groups is 1. The number of methoxy groups -OCH3 is 2. The van der Waals surface area contributed by atoms with E-state index in [9.17, 15) is 34.4 Å². The molecule has 4 aliphatic rings. The number of ketones is 2. The topological polar surface area (TPSA) is 153 Å². The van der Waals surface area contributed by atoms with Crippen LogP contribution < -0.4 is 14.4 Å². The Labute approximate surface area is 246 Å². The number of allylic oxidation sites excluding steroid dienone is 4. The lowest BCUT2D eigenvalue weighted by molar-refractivity contribution is -0.384. The highest BCUT2D eigenvalue weighted by Crippen LogP contribution is 2.64. The molecule has 0 radical (unpaired) electrons. The van der Waals surface area contributed by atoms with Gasteiger partial charge in [-0.3, -0.25) is 29.3 Å². The molecule has 2 fully saturated rings. The molecule has 1 aliphatic heterocycles. The van der Waals surface area contributed by atoms with Gasteiger partial charge in [0, 0.05) is 41.7 Å². The Morgan fingerprint density at radius 2 is 1.70 bits per heavy atom. The first-order chi connectivity index (χ1) is 20.4. The maximum atomic E-state index is 14.1. The molecule has 1 heterocycles. The van der Waals surface area contributed by atoms with Gasteiger partial charge in [0.15, 0.2) is 11.6 Å². The van der Waals surface area contributed by atoms with E-state index in [0.29, 0.717) is 11.1 Å². The van der Waals surface area contributed by atoms with Gasteiger partial charge in [-0.25, -0.2) is 4.90 Å². The molecule has 2 aromatic rings. The molecule has 11 nitrogen and oxygen atoms in total. The summed E-state index contributed by atoms with van der Waals surface area (Å²) in [4.78, 5) is 67.4. The normalized spacial score (nSPS) is 29.8. The molecule has 1 saturated carbocycles. The van der Waals surface area contributed by atoms with Crippen LogP contribution in [-0.2, 0) is 19.2 Å². The Kier molecular flexibility index (Phi) is 6.52. The molecule has 0 unspecified atom stereocenters. The summed E-state index contributed by atoms with van der Waals surface area (Å²) in [6.45, 7) is 3.36. The van der Waals surface area contributed by atoms with E-state index in [4.69, 9.17) is 9.47 Å². The van der Waals surface area contributed by atoms with Gasteiger partial charge in [0.2, 0.25) is 11.8 Å². The van der Waals surface area contributed by atoms with E-state index < -0.39 is 51.7 Å². The molecule has 222 valence electrons. The zero-order valence-corrected chi connectivity index (χ0v) is 24.0. The van der Waals surface area contributed by atoms with Crippen molar-refractivity contribution in [3.63, 3.8) is 0 Å². The fourth-order valence-corrected chi connectivity index (χ4v) is 7.91. The number of nitro benzene ring substituents is 1. The van der Waals surface area contributed by atoms with Crippen molar-refractivity contribution >= 4 is 34.8 Å². The van der Waals surface area contributed by atoms with E-state index >= 15 is 0 Å². The second-order valence-electron chi connectivity index (χ2n) is 11.8. The zero-order chi connectivity index (χ0) is 31.0. The molecule has 0 bridgehead atoms. The van der Waals surface area contributed by atoms with Crippen LogP contribution in [0.5, 0.6) is 17.2 Å². The standard InChI is InChI=1S/C32H30N2O9/c1-15-10-23(36)22-14-21-19(28(32(22,2)29(15)37)27-24(42-3)12-18(35)13-25(27)43-4)8-9-20-26(21)31(39)33(30(20)38)16-6-5-7-17(11-16)34(40)41/h5-8,10-13,20-22,26,28,35H,9,14H2,1-4H3/t20-,21+,22-,26-,28+,32+/m0/s1. The Bertz CT molecular complexity index is 1670. The maximum Gasteiger partial charge on any atom is 0.271 e. The summed E-state index contributed by atoms with van der Waals surface area (Å²) in [5.74, 6) is -4.78. The number of aromatic hydroxyl groups is 1. The van der Waals surface area contributed by atoms with E-state index in [1.807, 2.05) is 6.08 Å². The lowest BCUT2D eigenvalue weighted by Gasteiger charge is -2.54. The SMILES string of the molecule is COc1cc(O)cc(OC)c1[C@H]1C2=CC[C@@H]3C(=O)N(c4cccc([N+](=O)[O-])c4)C(=O)[C@@H]3[C@@H]2C[C@H]2C(=O)C=C(C)C(=O)[C@@]12C. The number of anilines is 1. The second kappa shape index (κ2) is 9.89. The number of ether oxygens (including phenoxy) is 2. The number of amides is 2. The van der Waals surface area contributed by atoms with Crippen molar-refractivity contribution in [3.8, 4) is 17.2 Å². The van der Waals surface area contributed by atoms with Crippen molar-refractivity contribution in [2.45, 2.75) is 32.6 Å². The Balaban J connectivity index is 1.54. The third kappa shape index (κ3) is 3.94. The summed E-state index contributed by atoms with van der Waals surface area (Å²) in [5.41, 5.74) is 0.103. The molecular weight excluding hydrogens is 556 g/mol. The molecule has 1 saturated heterocycles. The van der Waals surface area contributed by atoms with Crippen molar-refractivity contribution in [2.24, 2.45) is 29.1 Å². The van der Waals surface area contributed by atoms with Crippen molar-refractivity contribution < 1.29 is 38.7 Å². The van der Waals surface area contributed by atoms with Crippen LogP contribution >= 0.6 is 0 Å². The molecule has 11 heteroatoms. The lowest BCUT2D eigenvalue weighted by Crippen LogP contribution is -2.54. The second-order valence-corrected chi connectivity index (χ2v) is 11.8. The van der Waals surface area contributed by atoms with Gasteiger partial charge in [-0.2, -0.15) is 0 Å². The van der Waals surface area contributed by atoms with Gasteiger partial charge in [0.1, 0.15) is 17.2 Å². The van der Waals surface area contributed by atoms with Crippen molar-refractivity contribution in [1.82, 2.24) is 0 Å². The lowest BCUT2D eigenvalue weighted by atomic mass is 9.47. The summed E-state index contributed by atoms with van der Waals surface area (Å²) >= 11 is 0. The van der Waals surface area contributed by atoms with Crippen LogP contribution in [0.25, 0.3) is 0 Å². The number of hydrogen-bond donors (Lipinski definition) is 1. The number of imide groups is 1. The largest absolute Gasteiger partial charge is 0.508 e. The minimum absolute atomic E-state index is 0.113. The molecule has 43 heavy (non-hydrogen) atoms. The Morgan fingerprint density at radius 1 is 1.02 bits per heavy atom. The van der Waals surface area contributed by atoms with Gasteiger partial charge in [-0.15, -0.1) is 0 Å². The van der Waals surface area contributed by atoms with Crippen LogP contribution in [0.1, 0.15) is 38.2 Å². The van der Waals surface area contributed by atoms with Gasteiger partial charge in [0.25, 0.3) is 5.69 Å². The zero-order valence-electron chi connectivity index (χ0n) is 24.0. The predicted molar refractivity (Wildman–Crippen MR) is 153 cm³/mol. The monoisotopic (exact) mass is 586 g/mol. The summed E-state index contributed by atoms with van der Waals surface area (Å²) in [6.07, 6.45) is 3.60.